The van der Waals surface area contributed by atoms with Gasteiger partial charge in [-0.05, 0) is 42.9 Å². The first kappa shape index (κ1) is 14.9. The predicted octanol–water partition coefficient (Wildman–Crippen LogP) is 2.17. The largest absolute Gasteiger partial charge is 0.483 e. The Hall–Kier alpha value is -1.55. The Bertz CT molecular complexity index is 485. The molecule has 4 heteroatoms. The fourth-order valence-electron chi connectivity index (χ4n) is 2.39. The van der Waals surface area contributed by atoms with Crippen LogP contribution in [0.25, 0.3) is 0 Å². The maximum atomic E-state index is 11.8. The standard InChI is InChI=1S/C16H24N2O2/c1-10(2)11(3)18-16(19)9-20-15-6-4-5-12-13(15)7-8-14(12)17/h4-6,10-11,14H,7-9,17H2,1-3H3,(H,18,19). The van der Waals surface area contributed by atoms with Gasteiger partial charge in [0.25, 0.3) is 5.91 Å². The van der Waals surface area contributed by atoms with Crippen molar-refractivity contribution in [3.63, 3.8) is 0 Å². The highest BCUT2D eigenvalue weighted by atomic mass is 16.5. The van der Waals surface area contributed by atoms with Gasteiger partial charge in [0.05, 0.1) is 0 Å². The number of carbonyl (C=O) groups is 1. The van der Waals surface area contributed by atoms with Gasteiger partial charge in [0.1, 0.15) is 5.75 Å². The lowest BCUT2D eigenvalue weighted by molar-refractivity contribution is -0.124. The zero-order valence-corrected chi connectivity index (χ0v) is 12.5. The Balaban J connectivity index is 1.94. The molecular weight excluding hydrogens is 252 g/mol. The molecule has 0 saturated heterocycles. The summed E-state index contributed by atoms with van der Waals surface area (Å²) in [5, 5.41) is 2.94. The highest BCUT2D eigenvalue weighted by molar-refractivity contribution is 5.77. The second-order valence-corrected chi connectivity index (χ2v) is 5.86. The molecule has 0 heterocycles. The van der Waals surface area contributed by atoms with Crippen LogP contribution in [0.3, 0.4) is 0 Å². The zero-order chi connectivity index (χ0) is 14.7. The third-order valence-electron chi connectivity index (χ3n) is 4.02. The first-order valence-corrected chi connectivity index (χ1v) is 7.28. The fourth-order valence-corrected chi connectivity index (χ4v) is 2.39. The molecule has 2 unspecified atom stereocenters. The third-order valence-corrected chi connectivity index (χ3v) is 4.02. The molecule has 0 fully saturated rings. The number of ether oxygens (including phenoxy) is 1. The molecule has 0 bridgehead atoms. The molecule has 0 spiro atoms. The Labute approximate surface area is 120 Å². The van der Waals surface area contributed by atoms with E-state index < -0.39 is 0 Å². The van der Waals surface area contributed by atoms with E-state index in [0.29, 0.717) is 5.92 Å². The quantitative estimate of drug-likeness (QED) is 0.866. The summed E-state index contributed by atoms with van der Waals surface area (Å²) in [5.74, 6) is 1.13. The van der Waals surface area contributed by atoms with Crippen LogP contribution in [0.2, 0.25) is 0 Å². The molecule has 1 aromatic carbocycles. The average Bonchev–Trinajstić information content (AvgIpc) is 2.79. The molecule has 0 aromatic heterocycles. The van der Waals surface area contributed by atoms with Gasteiger partial charge in [0, 0.05) is 12.1 Å². The normalized spacial score (nSPS) is 18.8. The van der Waals surface area contributed by atoms with E-state index in [2.05, 4.69) is 19.2 Å². The lowest BCUT2D eigenvalue weighted by Gasteiger charge is -2.18. The van der Waals surface area contributed by atoms with Crippen molar-refractivity contribution < 1.29 is 9.53 Å². The maximum absolute atomic E-state index is 11.8. The summed E-state index contributed by atoms with van der Waals surface area (Å²) in [7, 11) is 0. The van der Waals surface area contributed by atoms with Gasteiger partial charge < -0.3 is 15.8 Å². The fraction of sp³-hybridized carbons (Fsp3) is 0.562. The monoisotopic (exact) mass is 276 g/mol. The minimum atomic E-state index is -0.0777. The molecule has 2 atom stereocenters. The molecule has 0 saturated carbocycles. The number of benzene rings is 1. The van der Waals surface area contributed by atoms with Crippen molar-refractivity contribution >= 4 is 5.91 Å². The highest BCUT2D eigenvalue weighted by Crippen LogP contribution is 2.35. The van der Waals surface area contributed by atoms with Crippen LogP contribution in [0, 0.1) is 5.92 Å². The summed E-state index contributed by atoms with van der Waals surface area (Å²) < 4.78 is 5.67. The SMILES string of the molecule is CC(C)C(C)NC(=O)COc1cccc2c1CCC2N. The van der Waals surface area contributed by atoms with E-state index in [1.165, 1.54) is 0 Å². The van der Waals surface area contributed by atoms with Crippen LogP contribution >= 0.6 is 0 Å². The predicted molar refractivity (Wildman–Crippen MR) is 79.6 cm³/mol. The zero-order valence-electron chi connectivity index (χ0n) is 12.5. The molecule has 1 amide bonds. The van der Waals surface area contributed by atoms with Crippen LogP contribution in [0.1, 0.15) is 44.4 Å². The number of amides is 1. The van der Waals surface area contributed by atoms with Gasteiger partial charge >= 0.3 is 0 Å². The summed E-state index contributed by atoms with van der Waals surface area (Å²) >= 11 is 0. The molecule has 1 aliphatic carbocycles. The van der Waals surface area contributed by atoms with Gasteiger partial charge in [-0.1, -0.05) is 26.0 Å². The highest BCUT2D eigenvalue weighted by Gasteiger charge is 2.22. The van der Waals surface area contributed by atoms with E-state index in [9.17, 15) is 4.79 Å². The lowest BCUT2D eigenvalue weighted by Crippen LogP contribution is -2.39. The van der Waals surface area contributed by atoms with Crippen LogP contribution in [0.4, 0.5) is 0 Å². The van der Waals surface area contributed by atoms with E-state index in [-0.39, 0.29) is 24.6 Å². The molecule has 1 aliphatic rings. The lowest BCUT2D eigenvalue weighted by atomic mass is 10.1. The number of fused-ring (bicyclic) bond motifs is 1. The van der Waals surface area contributed by atoms with Crippen molar-refractivity contribution in [2.24, 2.45) is 11.7 Å². The Morgan fingerprint density at radius 1 is 1.45 bits per heavy atom. The summed E-state index contributed by atoms with van der Waals surface area (Å²) in [6, 6.07) is 6.15. The number of rotatable bonds is 5. The minimum Gasteiger partial charge on any atom is -0.483 e. The number of hydrogen-bond donors (Lipinski definition) is 2. The molecule has 110 valence electrons. The second-order valence-electron chi connectivity index (χ2n) is 5.86. The van der Waals surface area contributed by atoms with Crippen LogP contribution < -0.4 is 15.8 Å². The van der Waals surface area contributed by atoms with Crippen molar-refractivity contribution in [2.75, 3.05) is 6.61 Å². The van der Waals surface area contributed by atoms with E-state index in [1.807, 2.05) is 25.1 Å². The molecule has 0 aliphatic heterocycles. The molecule has 4 nitrogen and oxygen atoms in total. The number of hydrogen-bond acceptors (Lipinski definition) is 3. The number of carbonyl (C=O) groups excluding carboxylic acids is 1. The van der Waals surface area contributed by atoms with E-state index >= 15 is 0 Å². The minimum absolute atomic E-state index is 0.0583. The van der Waals surface area contributed by atoms with Crippen molar-refractivity contribution in [1.82, 2.24) is 5.32 Å². The Kier molecular flexibility index (Phi) is 4.65. The van der Waals surface area contributed by atoms with Gasteiger partial charge in [0.2, 0.25) is 0 Å². The topological polar surface area (TPSA) is 64.3 Å². The van der Waals surface area contributed by atoms with Gasteiger partial charge in [-0.15, -0.1) is 0 Å². The third kappa shape index (κ3) is 3.31. The molecule has 20 heavy (non-hydrogen) atoms. The summed E-state index contributed by atoms with van der Waals surface area (Å²) in [5.41, 5.74) is 8.34. The van der Waals surface area contributed by atoms with Crippen molar-refractivity contribution in [3.8, 4) is 5.75 Å². The summed E-state index contributed by atoms with van der Waals surface area (Å²) in [6.07, 6.45) is 1.88. The molecular formula is C16H24N2O2. The molecule has 3 N–H and O–H groups in total. The van der Waals surface area contributed by atoms with Crippen LogP contribution in [0.15, 0.2) is 18.2 Å². The average molecular weight is 276 g/mol. The van der Waals surface area contributed by atoms with Gasteiger partial charge in [0.15, 0.2) is 6.61 Å². The maximum Gasteiger partial charge on any atom is 0.258 e. The van der Waals surface area contributed by atoms with E-state index in [4.69, 9.17) is 10.5 Å². The first-order valence-electron chi connectivity index (χ1n) is 7.28. The van der Waals surface area contributed by atoms with E-state index in [0.717, 1.165) is 29.7 Å². The molecule has 0 radical (unpaired) electrons. The van der Waals surface area contributed by atoms with Crippen LogP contribution in [0.5, 0.6) is 5.75 Å². The van der Waals surface area contributed by atoms with Gasteiger partial charge in [-0.25, -0.2) is 0 Å². The van der Waals surface area contributed by atoms with E-state index in [1.54, 1.807) is 0 Å². The molecule has 2 rings (SSSR count). The second kappa shape index (κ2) is 6.27. The van der Waals surface area contributed by atoms with Crippen LogP contribution in [-0.2, 0) is 11.2 Å². The summed E-state index contributed by atoms with van der Waals surface area (Å²) in [4.78, 5) is 11.8. The van der Waals surface area contributed by atoms with Crippen molar-refractivity contribution in [2.45, 2.75) is 45.7 Å². The number of nitrogens with two attached hydrogens (primary N) is 1. The van der Waals surface area contributed by atoms with Crippen LogP contribution in [-0.4, -0.2) is 18.6 Å². The van der Waals surface area contributed by atoms with Crippen molar-refractivity contribution in [1.29, 1.82) is 0 Å². The van der Waals surface area contributed by atoms with Gasteiger partial charge in [-0.2, -0.15) is 0 Å². The Morgan fingerprint density at radius 2 is 2.20 bits per heavy atom. The number of nitrogens with one attached hydrogen (secondary N) is 1. The summed E-state index contributed by atoms with van der Waals surface area (Å²) in [6.45, 7) is 6.22. The first-order chi connectivity index (χ1) is 9.49. The molecule has 1 aromatic rings. The smallest absolute Gasteiger partial charge is 0.258 e. The van der Waals surface area contributed by atoms with Crippen molar-refractivity contribution in [3.05, 3.63) is 29.3 Å². The van der Waals surface area contributed by atoms with Gasteiger partial charge in [-0.3, -0.25) is 4.79 Å². The Morgan fingerprint density at radius 3 is 2.90 bits per heavy atom.